The number of anilines is 1. The van der Waals surface area contributed by atoms with Gasteiger partial charge in [-0.05, 0) is 42.5 Å². The molecule has 0 aromatic heterocycles. The maximum Gasteiger partial charge on any atom is 0.228 e. The second kappa shape index (κ2) is 5.33. The van der Waals surface area contributed by atoms with Gasteiger partial charge in [0.2, 0.25) is 5.91 Å². The molecule has 1 amide bonds. The third kappa shape index (κ3) is 3.35. The quantitative estimate of drug-likeness (QED) is 0.842. The summed E-state index contributed by atoms with van der Waals surface area (Å²) in [5, 5.41) is 3.35. The van der Waals surface area contributed by atoms with Crippen LogP contribution in [0.4, 0.5) is 5.69 Å². The molecular formula is C16H24N2O. The Hall–Kier alpha value is -1.35. The lowest BCUT2D eigenvalue weighted by atomic mass is 9.91. The summed E-state index contributed by atoms with van der Waals surface area (Å²) in [5.41, 5.74) is 3.63. The van der Waals surface area contributed by atoms with Crippen molar-refractivity contribution in [1.29, 1.82) is 0 Å². The van der Waals surface area contributed by atoms with Crippen molar-refractivity contribution in [2.24, 2.45) is 5.41 Å². The van der Waals surface area contributed by atoms with Crippen molar-refractivity contribution >= 4 is 11.6 Å². The van der Waals surface area contributed by atoms with Crippen LogP contribution in [-0.4, -0.2) is 25.5 Å². The fourth-order valence-electron chi connectivity index (χ4n) is 2.46. The van der Waals surface area contributed by atoms with Crippen LogP contribution in [-0.2, 0) is 4.79 Å². The van der Waals surface area contributed by atoms with Gasteiger partial charge >= 0.3 is 0 Å². The fourth-order valence-corrected chi connectivity index (χ4v) is 2.46. The van der Waals surface area contributed by atoms with Crippen LogP contribution in [0.3, 0.4) is 0 Å². The summed E-state index contributed by atoms with van der Waals surface area (Å²) in [5.74, 6) is 0.212. The molecule has 1 saturated heterocycles. The molecule has 1 aromatic rings. The van der Waals surface area contributed by atoms with Gasteiger partial charge in [0.15, 0.2) is 0 Å². The SMILES string of the molecule is Cc1ccc(N2CC(C)(C)CNCCC2=O)cc1C. The van der Waals surface area contributed by atoms with Gasteiger partial charge in [0.25, 0.3) is 0 Å². The number of benzene rings is 1. The number of hydrogen-bond acceptors (Lipinski definition) is 2. The highest BCUT2D eigenvalue weighted by molar-refractivity contribution is 5.93. The summed E-state index contributed by atoms with van der Waals surface area (Å²) in [4.78, 5) is 14.3. The maximum atomic E-state index is 12.3. The first-order valence-corrected chi connectivity index (χ1v) is 6.97. The van der Waals surface area contributed by atoms with Crippen LogP contribution in [0, 0.1) is 19.3 Å². The second-order valence-electron chi connectivity index (χ2n) is 6.34. The van der Waals surface area contributed by atoms with E-state index in [1.807, 2.05) is 4.90 Å². The molecule has 0 radical (unpaired) electrons. The molecule has 0 saturated carbocycles. The van der Waals surface area contributed by atoms with E-state index in [9.17, 15) is 4.79 Å². The van der Waals surface area contributed by atoms with Crippen molar-refractivity contribution in [3.8, 4) is 0 Å². The topological polar surface area (TPSA) is 32.3 Å². The summed E-state index contributed by atoms with van der Waals surface area (Å²) in [6, 6.07) is 6.28. The summed E-state index contributed by atoms with van der Waals surface area (Å²) < 4.78 is 0. The lowest BCUT2D eigenvalue weighted by Crippen LogP contribution is -2.47. The van der Waals surface area contributed by atoms with E-state index in [1.54, 1.807) is 0 Å². The first-order chi connectivity index (χ1) is 8.89. The highest BCUT2D eigenvalue weighted by atomic mass is 16.2. The van der Waals surface area contributed by atoms with Gasteiger partial charge in [-0.2, -0.15) is 0 Å². The van der Waals surface area contributed by atoms with E-state index in [0.29, 0.717) is 6.42 Å². The number of aryl methyl sites for hydroxylation is 2. The number of amides is 1. The van der Waals surface area contributed by atoms with Crippen LogP contribution in [0.15, 0.2) is 18.2 Å². The summed E-state index contributed by atoms with van der Waals surface area (Å²) in [6.45, 7) is 11.1. The Morgan fingerprint density at radius 1 is 1.21 bits per heavy atom. The molecule has 3 nitrogen and oxygen atoms in total. The number of carbonyl (C=O) groups excluding carboxylic acids is 1. The van der Waals surface area contributed by atoms with Gasteiger partial charge in [0, 0.05) is 31.7 Å². The van der Waals surface area contributed by atoms with Gasteiger partial charge in [-0.1, -0.05) is 19.9 Å². The van der Waals surface area contributed by atoms with E-state index in [4.69, 9.17) is 0 Å². The number of nitrogens with one attached hydrogen (secondary N) is 1. The van der Waals surface area contributed by atoms with Crippen molar-refractivity contribution < 1.29 is 4.79 Å². The van der Waals surface area contributed by atoms with Crippen LogP contribution in [0.5, 0.6) is 0 Å². The molecule has 0 aliphatic carbocycles. The number of hydrogen-bond donors (Lipinski definition) is 1. The van der Waals surface area contributed by atoms with Gasteiger partial charge in [-0.25, -0.2) is 0 Å². The summed E-state index contributed by atoms with van der Waals surface area (Å²) in [7, 11) is 0. The zero-order valence-electron chi connectivity index (χ0n) is 12.4. The van der Waals surface area contributed by atoms with Crippen LogP contribution in [0.1, 0.15) is 31.4 Å². The Labute approximate surface area is 116 Å². The predicted octanol–water partition coefficient (Wildman–Crippen LogP) is 2.66. The normalized spacial score (nSPS) is 20.0. The van der Waals surface area contributed by atoms with Crippen molar-refractivity contribution in [3.05, 3.63) is 29.3 Å². The molecule has 3 heteroatoms. The highest BCUT2D eigenvalue weighted by Crippen LogP contribution is 2.25. The first kappa shape index (κ1) is 14.1. The van der Waals surface area contributed by atoms with E-state index in [2.05, 4.69) is 51.2 Å². The molecule has 19 heavy (non-hydrogen) atoms. The minimum Gasteiger partial charge on any atom is -0.316 e. The average Bonchev–Trinajstić information content (AvgIpc) is 2.34. The van der Waals surface area contributed by atoms with Crippen molar-refractivity contribution in [2.75, 3.05) is 24.5 Å². The van der Waals surface area contributed by atoms with Crippen LogP contribution >= 0.6 is 0 Å². The molecule has 1 aliphatic rings. The molecule has 1 fully saturated rings. The van der Waals surface area contributed by atoms with Crippen LogP contribution in [0.2, 0.25) is 0 Å². The fraction of sp³-hybridized carbons (Fsp3) is 0.562. The van der Waals surface area contributed by atoms with Crippen LogP contribution in [0.25, 0.3) is 0 Å². The second-order valence-corrected chi connectivity index (χ2v) is 6.34. The first-order valence-electron chi connectivity index (χ1n) is 6.97. The minimum absolute atomic E-state index is 0.0921. The van der Waals surface area contributed by atoms with E-state index in [1.165, 1.54) is 11.1 Å². The largest absolute Gasteiger partial charge is 0.316 e. The molecule has 2 rings (SSSR count). The highest BCUT2D eigenvalue weighted by Gasteiger charge is 2.27. The molecule has 1 aromatic carbocycles. The maximum absolute atomic E-state index is 12.3. The Bertz CT molecular complexity index is 480. The van der Waals surface area contributed by atoms with Gasteiger partial charge in [0.05, 0.1) is 0 Å². The zero-order chi connectivity index (χ0) is 14.0. The molecule has 1 aliphatic heterocycles. The van der Waals surface area contributed by atoms with Gasteiger partial charge in [-0.3, -0.25) is 4.79 Å². The van der Waals surface area contributed by atoms with Crippen LogP contribution < -0.4 is 10.2 Å². The third-order valence-corrected chi connectivity index (χ3v) is 3.81. The average molecular weight is 260 g/mol. The van der Waals surface area contributed by atoms with Gasteiger partial charge < -0.3 is 10.2 Å². The Kier molecular flexibility index (Phi) is 3.95. The summed E-state index contributed by atoms with van der Waals surface area (Å²) in [6.07, 6.45) is 0.572. The van der Waals surface area contributed by atoms with E-state index < -0.39 is 0 Å². The molecule has 1 heterocycles. The molecule has 104 valence electrons. The van der Waals surface area contributed by atoms with E-state index >= 15 is 0 Å². The van der Waals surface area contributed by atoms with Gasteiger partial charge in [0.1, 0.15) is 0 Å². The lowest BCUT2D eigenvalue weighted by molar-refractivity contribution is -0.119. The molecule has 1 N–H and O–H groups in total. The number of rotatable bonds is 1. The Morgan fingerprint density at radius 2 is 1.95 bits per heavy atom. The predicted molar refractivity (Wildman–Crippen MR) is 79.5 cm³/mol. The molecule has 0 bridgehead atoms. The zero-order valence-corrected chi connectivity index (χ0v) is 12.4. The number of carbonyl (C=O) groups is 1. The van der Waals surface area contributed by atoms with E-state index in [-0.39, 0.29) is 11.3 Å². The standard InChI is InChI=1S/C16H24N2O/c1-12-5-6-14(9-13(12)2)18-11-16(3,4)10-17-8-7-15(18)19/h5-6,9,17H,7-8,10-11H2,1-4H3. The Balaban J connectivity index is 2.32. The molecular weight excluding hydrogens is 236 g/mol. The lowest BCUT2D eigenvalue weighted by Gasteiger charge is -2.35. The monoisotopic (exact) mass is 260 g/mol. The van der Waals surface area contributed by atoms with E-state index in [0.717, 1.165) is 25.3 Å². The molecule has 0 unspecified atom stereocenters. The smallest absolute Gasteiger partial charge is 0.228 e. The number of nitrogens with zero attached hydrogens (tertiary/aromatic N) is 1. The third-order valence-electron chi connectivity index (χ3n) is 3.81. The summed E-state index contributed by atoms with van der Waals surface area (Å²) >= 11 is 0. The minimum atomic E-state index is 0.0921. The van der Waals surface area contributed by atoms with Crippen molar-refractivity contribution in [1.82, 2.24) is 5.32 Å². The molecule has 0 atom stereocenters. The van der Waals surface area contributed by atoms with Gasteiger partial charge in [-0.15, -0.1) is 0 Å². The Morgan fingerprint density at radius 3 is 2.63 bits per heavy atom. The van der Waals surface area contributed by atoms with Crippen molar-refractivity contribution in [2.45, 2.75) is 34.1 Å². The molecule has 0 spiro atoms. The van der Waals surface area contributed by atoms with Crippen molar-refractivity contribution in [3.63, 3.8) is 0 Å².